The molecule has 4 aromatic rings. The lowest BCUT2D eigenvalue weighted by Gasteiger charge is -2.38. The number of aromatic nitrogens is 3. The molecule has 0 spiro atoms. The SMILES string of the molecule is CNC(=O)CCC(C=O)c1cc(N2CCC(CCN3CCN(c4cncc(-c5cccc6c5CCN6C(=N)/C=C(/NC)c5ncc(C(=O)NC)[nH]5)c4)CC3)CC2)ccc1Cl. The van der Waals surface area contributed by atoms with Gasteiger partial charge in [-0.05, 0) is 91.6 Å². The molecule has 0 aliphatic carbocycles. The summed E-state index contributed by atoms with van der Waals surface area (Å²) in [5.74, 6) is 0.758. The van der Waals surface area contributed by atoms with E-state index in [1.165, 1.54) is 18.2 Å². The summed E-state index contributed by atoms with van der Waals surface area (Å²) in [6, 6.07) is 14.5. The minimum absolute atomic E-state index is 0.0806. The number of piperazine rings is 1. The van der Waals surface area contributed by atoms with E-state index in [0.29, 0.717) is 47.0 Å². The smallest absolute Gasteiger partial charge is 0.269 e. The summed E-state index contributed by atoms with van der Waals surface area (Å²) in [7, 11) is 4.95. The number of nitrogens with zero attached hydrogens (tertiary/aromatic N) is 6. The van der Waals surface area contributed by atoms with Gasteiger partial charge in [0, 0.05) is 114 Å². The number of anilines is 3. The summed E-state index contributed by atoms with van der Waals surface area (Å²) in [6.45, 7) is 7.65. The van der Waals surface area contributed by atoms with Crippen LogP contribution in [0.1, 0.15) is 65.5 Å². The van der Waals surface area contributed by atoms with E-state index >= 15 is 0 Å². The third-order valence-electron chi connectivity index (χ3n) is 12.3. The highest BCUT2D eigenvalue weighted by molar-refractivity contribution is 6.31. The van der Waals surface area contributed by atoms with Gasteiger partial charge in [0.1, 0.15) is 17.8 Å². The maximum Gasteiger partial charge on any atom is 0.269 e. The summed E-state index contributed by atoms with van der Waals surface area (Å²) in [6.07, 6.45) is 13.0. The second kappa shape index (κ2) is 19.6. The van der Waals surface area contributed by atoms with Gasteiger partial charge in [0.2, 0.25) is 5.91 Å². The first-order chi connectivity index (χ1) is 29.2. The van der Waals surface area contributed by atoms with E-state index in [0.717, 1.165) is 105 Å². The van der Waals surface area contributed by atoms with E-state index in [-0.39, 0.29) is 18.2 Å². The number of aldehydes is 1. The summed E-state index contributed by atoms with van der Waals surface area (Å²) in [5, 5.41) is 17.9. The molecule has 3 aliphatic heterocycles. The van der Waals surface area contributed by atoms with Crippen LogP contribution in [0.15, 0.2) is 67.1 Å². The maximum atomic E-state index is 12.1. The van der Waals surface area contributed by atoms with Crippen LogP contribution in [-0.2, 0) is 16.0 Å². The van der Waals surface area contributed by atoms with Gasteiger partial charge in [0.25, 0.3) is 5.91 Å². The Morgan fingerprint density at radius 2 is 1.72 bits per heavy atom. The van der Waals surface area contributed by atoms with Gasteiger partial charge >= 0.3 is 0 Å². The van der Waals surface area contributed by atoms with Crippen LogP contribution in [-0.4, -0.2) is 117 Å². The van der Waals surface area contributed by atoms with Crippen LogP contribution in [0.25, 0.3) is 16.8 Å². The Labute approximate surface area is 357 Å². The molecule has 5 heterocycles. The molecule has 14 nitrogen and oxygen atoms in total. The first-order valence-corrected chi connectivity index (χ1v) is 21.3. The zero-order chi connectivity index (χ0) is 42.2. The van der Waals surface area contributed by atoms with Crippen molar-refractivity contribution in [2.75, 3.05) is 88.2 Å². The van der Waals surface area contributed by atoms with Gasteiger partial charge in [-0.1, -0.05) is 23.7 Å². The van der Waals surface area contributed by atoms with E-state index in [1.807, 2.05) is 35.5 Å². The van der Waals surface area contributed by atoms with Gasteiger partial charge in [0.15, 0.2) is 5.82 Å². The molecule has 2 aromatic heterocycles. The number of aromatic amines is 1. The number of carbonyl (C=O) groups is 3. The van der Waals surface area contributed by atoms with E-state index in [9.17, 15) is 14.4 Å². The Hall–Kier alpha value is -5.73. The molecule has 2 amide bonds. The number of H-pyrrole nitrogens is 1. The molecule has 0 bridgehead atoms. The minimum atomic E-state index is -0.406. The number of imidazole rings is 1. The molecular weight excluding hydrogens is 778 g/mol. The van der Waals surface area contributed by atoms with Crippen molar-refractivity contribution in [3.05, 3.63) is 94.8 Å². The van der Waals surface area contributed by atoms with Gasteiger partial charge < -0.3 is 40.4 Å². The number of nitrogens with one attached hydrogen (secondary N) is 5. The van der Waals surface area contributed by atoms with Crippen molar-refractivity contribution in [3.63, 3.8) is 0 Å². The minimum Gasteiger partial charge on any atom is -0.385 e. The van der Waals surface area contributed by atoms with E-state index in [4.69, 9.17) is 22.0 Å². The topological polar surface area (TPSA) is 166 Å². The number of rotatable bonds is 15. The van der Waals surface area contributed by atoms with Crippen molar-refractivity contribution in [2.24, 2.45) is 5.92 Å². The van der Waals surface area contributed by atoms with Crippen LogP contribution in [0.4, 0.5) is 17.1 Å². The largest absolute Gasteiger partial charge is 0.385 e. The van der Waals surface area contributed by atoms with Crippen molar-refractivity contribution >= 4 is 58.3 Å². The van der Waals surface area contributed by atoms with Crippen molar-refractivity contribution < 1.29 is 14.4 Å². The molecular formula is C45H56ClN11O3. The Bertz CT molecular complexity index is 2210. The molecule has 2 fully saturated rings. The molecule has 60 heavy (non-hydrogen) atoms. The Kier molecular flexibility index (Phi) is 13.8. The van der Waals surface area contributed by atoms with Crippen LogP contribution >= 0.6 is 11.6 Å². The van der Waals surface area contributed by atoms with Crippen LogP contribution in [0.5, 0.6) is 0 Å². The molecule has 2 aromatic carbocycles. The van der Waals surface area contributed by atoms with Gasteiger partial charge in [-0.3, -0.25) is 24.9 Å². The van der Waals surface area contributed by atoms with Crippen LogP contribution in [0, 0.1) is 11.3 Å². The third kappa shape index (κ3) is 9.66. The highest BCUT2D eigenvalue weighted by atomic mass is 35.5. The predicted octanol–water partition coefficient (Wildman–Crippen LogP) is 5.32. The Morgan fingerprint density at radius 3 is 2.45 bits per heavy atom. The zero-order valence-corrected chi connectivity index (χ0v) is 35.5. The molecule has 1 unspecified atom stereocenters. The van der Waals surface area contributed by atoms with Crippen molar-refractivity contribution in [2.45, 2.75) is 44.4 Å². The number of amidine groups is 1. The number of halogens is 1. The fourth-order valence-electron chi connectivity index (χ4n) is 8.68. The molecule has 3 aliphatic rings. The first kappa shape index (κ1) is 42.4. The second-order valence-electron chi connectivity index (χ2n) is 15.8. The fourth-order valence-corrected chi connectivity index (χ4v) is 8.94. The van der Waals surface area contributed by atoms with Crippen molar-refractivity contribution in [3.8, 4) is 11.1 Å². The lowest BCUT2D eigenvalue weighted by molar-refractivity contribution is -0.120. The van der Waals surface area contributed by atoms with Crippen molar-refractivity contribution in [1.82, 2.24) is 35.8 Å². The Morgan fingerprint density at radius 1 is 0.933 bits per heavy atom. The number of pyridine rings is 1. The van der Waals surface area contributed by atoms with E-state index < -0.39 is 5.92 Å². The summed E-state index contributed by atoms with van der Waals surface area (Å²) in [4.78, 5) is 57.3. The zero-order valence-electron chi connectivity index (χ0n) is 34.8. The molecule has 5 N–H and O–H groups in total. The standard InChI is InChI=1S/C45H56ClN11O3/c1-48-39(44-52-28-40(53-44)45(60)50-3)25-42(47)57-18-14-36-35(5-4-6-41(36)57)32-23-34(27-51-26-32)56-21-19-54(20-22-56)15-11-30-12-16-55(17-13-30)33-8-9-38(46)37(24-33)31(29-58)7-10-43(59)49-2/h4-6,8-9,23-31,47-48H,7,10-22H2,1-3H3,(H,49,59)(H,50,60)(H,52,53)/b39-25+,47-42?. The van der Waals surface area contributed by atoms with Gasteiger partial charge in [-0.25, -0.2) is 4.98 Å². The van der Waals surface area contributed by atoms with E-state index in [1.54, 1.807) is 27.2 Å². The normalized spacial score (nSPS) is 16.7. The third-order valence-corrected chi connectivity index (χ3v) is 12.6. The van der Waals surface area contributed by atoms with Gasteiger partial charge in [-0.15, -0.1) is 0 Å². The monoisotopic (exact) mass is 833 g/mol. The number of fused-ring (bicyclic) bond motifs is 1. The lowest BCUT2D eigenvalue weighted by Crippen LogP contribution is -2.47. The lowest BCUT2D eigenvalue weighted by atomic mass is 9.91. The fraction of sp³-hybridized carbons (Fsp3) is 0.422. The Balaban J connectivity index is 0.906. The quantitative estimate of drug-likeness (QED) is 0.0602. The van der Waals surface area contributed by atoms with Crippen LogP contribution in [0.3, 0.4) is 0 Å². The molecule has 1 atom stereocenters. The van der Waals surface area contributed by atoms with Gasteiger partial charge in [0.05, 0.1) is 23.8 Å². The molecule has 316 valence electrons. The number of hydrogen-bond donors (Lipinski definition) is 5. The summed E-state index contributed by atoms with van der Waals surface area (Å²) >= 11 is 6.53. The predicted molar refractivity (Wildman–Crippen MR) is 239 cm³/mol. The van der Waals surface area contributed by atoms with Crippen LogP contribution < -0.4 is 30.7 Å². The first-order valence-electron chi connectivity index (χ1n) is 21.0. The highest BCUT2D eigenvalue weighted by Gasteiger charge is 2.27. The summed E-state index contributed by atoms with van der Waals surface area (Å²) in [5.41, 5.74) is 8.42. The number of hydrogen-bond acceptors (Lipinski definition) is 10. The molecule has 15 heteroatoms. The van der Waals surface area contributed by atoms with Crippen LogP contribution in [0.2, 0.25) is 5.02 Å². The summed E-state index contributed by atoms with van der Waals surface area (Å²) < 4.78 is 0. The number of piperidine rings is 1. The number of benzene rings is 2. The maximum absolute atomic E-state index is 12.1. The average molecular weight is 834 g/mol. The number of carbonyl (C=O) groups excluding carboxylic acids is 3. The average Bonchev–Trinajstić information content (AvgIpc) is 3.97. The molecule has 2 saturated heterocycles. The van der Waals surface area contributed by atoms with Crippen molar-refractivity contribution in [1.29, 1.82) is 5.41 Å². The van der Waals surface area contributed by atoms with E-state index in [2.05, 4.69) is 64.9 Å². The molecule has 0 saturated carbocycles. The molecule has 7 rings (SSSR count). The number of amides is 2. The molecule has 0 radical (unpaired) electrons. The highest BCUT2D eigenvalue weighted by Crippen LogP contribution is 2.38. The van der Waals surface area contributed by atoms with Gasteiger partial charge in [-0.2, -0.15) is 0 Å². The second-order valence-corrected chi connectivity index (χ2v) is 16.2.